The van der Waals surface area contributed by atoms with E-state index in [1.165, 1.54) is 0 Å². The summed E-state index contributed by atoms with van der Waals surface area (Å²) in [5.74, 6) is -3.99. The van der Waals surface area contributed by atoms with Crippen LogP contribution in [0.5, 0.6) is 0 Å². The van der Waals surface area contributed by atoms with Crippen LogP contribution in [-0.4, -0.2) is 55.0 Å². The van der Waals surface area contributed by atoms with Crippen molar-refractivity contribution in [3.8, 4) is 0 Å². The van der Waals surface area contributed by atoms with Crippen LogP contribution in [0, 0.1) is 0 Å². The standard InChI is InChI=1S/C10H9FO8/c1-10(11)8(19-7(15)3-13)5(18-9(10)16)4-17-6(14)2-12/h2-3,5,8H,4H2,1H3/t5-,8-,10-/m1/s1. The van der Waals surface area contributed by atoms with E-state index >= 15 is 0 Å². The van der Waals surface area contributed by atoms with Gasteiger partial charge in [-0.15, -0.1) is 0 Å². The van der Waals surface area contributed by atoms with Crippen LogP contribution in [0.1, 0.15) is 6.92 Å². The van der Waals surface area contributed by atoms with Crippen molar-refractivity contribution in [2.24, 2.45) is 0 Å². The number of rotatable bonds is 5. The molecule has 1 aliphatic heterocycles. The predicted octanol–water partition coefficient (Wildman–Crippen LogP) is -1.51. The van der Waals surface area contributed by atoms with Gasteiger partial charge in [0.1, 0.15) is 6.61 Å². The monoisotopic (exact) mass is 276 g/mol. The molecule has 0 radical (unpaired) electrons. The zero-order valence-corrected chi connectivity index (χ0v) is 9.66. The average Bonchev–Trinajstić information content (AvgIpc) is 2.59. The van der Waals surface area contributed by atoms with Crippen LogP contribution in [-0.2, 0) is 38.2 Å². The summed E-state index contributed by atoms with van der Waals surface area (Å²) in [5, 5.41) is 0. The fourth-order valence-corrected chi connectivity index (χ4v) is 1.44. The van der Waals surface area contributed by atoms with Gasteiger partial charge in [-0.05, 0) is 6.92 Å². The van der Waals surface area contributed by atoms with Crippen molar-refractivity contribution in [2.45, 2.75) is 24.8 Å². The summed E-state index contributed by atoms with van der Waals surface area (Å²) < 4.78 is 27.2. The molecular formula is C10H9FO8. The quantitative estimate of drug-likeness (QED) is 0.258. The van der Waals surface area contributed by atoms with Gasteiger partial charge < -0.3 is 14.2 Å². The minimum absolute atomic E-state index is 0.141. The Hall–Kier alpha value is -2.32. The summed E-state index contributed by atoms with van der Waals surface area (Å²) in [6.07, 6.45) is -3.54. The Kier molecular flexibility index (Phi) is 4.30. The van der Waals surface area contributed by atoms with E-state index in [0.29, 0.717) is 0 Å². The Morgan fingerprint density at radius 3 is 2.47 bits per heavy atom. The maximum atomic E-state index is 13.9. The number of esters is 3. The Morgan fingerprint density at radius 1 is 1.37 bits per heavy atom. The molecule has 104 valence electrons. The van der Waals surface area contributed by atoms with E-state index in [4.69, 9.17) is 0 Å². The lowest BCUT2D eigenvalue weighted by Gasteiger charge is -2.21. The maximum Gasteiger partial charge on any atom is 0.371 e. The van der Waals surface area contributed by atoms with Gasteiger partial charge in [0.25, 0.3) is 0 Å². The molecule has 1 saturated heterocycles. The number of cyclic esters (lactones) is 1. The van der Waals surface area contributed by atoms with Crippen LogP contribution in [0.4, 0.5) is 4.39 Å². The zero-order chi connectivity index (χ0) is 14.6. The van der Waals surface area contributed by atoms with Crippen LogP contribution in [0.25, 0.3) is 0 Å². The predicted molar refractivity (Wildman–Crippen MR) is 52.4 cm³/mol. The Labute approximate surface area is 105 Å². The van der Waals surface area contributed by atoms with Crippen molar-refractivity contribution < 1.29 is 42.6 Å². The highest BCUT2D eigenvalue weighted by molar-refractivity contribution is 6.20. The second-order valence-corrected chi connectivity index (χ2v) is 3.74. The van der Waals surface area contributed by atoms with Crippen LogP contribution >= 0.6 is 0 Å². The molecule has 0 unspecified atom stereocenters. The number of aldehydes is 2. The molecule has 0 bridgehead atoms. The largest absolute Gasteiger partial charge is 0.456 e. The van der Waals surface area contributed by atoms with Crippen molar-refractivity contribution in [3.05, 3.63) is 0 Å². The van der Waals surface area contributed by atoms with E-state index in [1.54, 1.807) is 0 Å². The molecule has 1 fully saturated rings. The highest BCUT2D eigenvalue weighted by atomic mass is 19.1. The third-order valence-corrected chi connectivity index (χ3v) is 2.35. The van der Waals surface area contributed by atoms with Gasteiger partial charge in [0, 0.05) is 0 Å². The first-order valence-electron chi connectivity index (χ1n) is 5.00. The maximum absolute atomic E-state index is 13.9. The van der Waals surface area contributed by atoms with E-state index in [9.17, 15) is 28.4 Å². The third kappa shape index (κ3) is 3.12. The SMILES string of the molecule is C[C@]1(F)C(=O)O[C@H](COC(=O)C=O)[C@H]1OC(=O)C=O. The molecule has 0 spiro atoms. The molecule has 0 aromatic rings. The molecule has 19 heavy (non-hydrogen) atoms. The average molecular weight is 276 g/mol. The molecular weight excluding hydrogens is 267 g/mol. The molecule has 0 saturated carbocycles. The molecule has 3 atom stereocenters. The smallest absolute Gasteiger partial charge is 0.371 e. The molecule has 0 amide bonds. The van der Waals surface area contributed by atoms with Crippen molar-refractivity contribution >= 4 is 30.5 Å². The van der Waals surface area contributed by atoms with E-state index in [-0.39, 0.29) is 12.6 Å². The summed E-state index contributed by atoms with van der Waals surface area (Å²) in [7, 11) is 0. The molecule has 1 aliphatic rings. The van der Waals surface area contributed by atoms with Gasteiger partial charge in [0.05, 0.1) is 0 Å². The molecule has 8 nitrogen and oxygen atoms in total. The van der Waals surface area contributed by atoms with Crippen LogP contribution in [0.2, 0.25) is 0 Å². The minimum Gasteiger partial charge on any atom is -0.456 e. The number of hydrogen-bond acceptors (Lipinski definition) is 8. The molecule has 0 aliphatic carbocycles. The molecule has 0 aromatic carbocycles. The summed E-state index contributed by atoms with van der Waals surface area (Å²) in [6, 6.07) is 0. The summed E-state index contributed by atoms with van der Waals surface area (Å²) in [4.78, 5) is 52.8. The lowest BCUT2D eigenvalue weighted by Crippen LogP contribution is -2.44. The summed E-state index contributed by atoms with van der Waals surface area (Å²) in [5.41, 5.74) is -2.68. The number of carbonyl (C=O) groups is 5. The molecule has 0 N–H and O–H groups in total. The van der Waals surface area contributed by atoms with Crippen molar-refractivity contribution in [2.75, 3.05) is 6.61 Å². The third-order valence-electron chi connectivity index (χ3n) is 2.35. The van der Waals surface area contributed by atoms with E-state index in [2.05, 4.69) is 14.2 Å². The first kappa shape index (κ1) is 14.7. The fraction of sp³-hybridized carbons (Fsp3) is 0.500. The van der Waals surface area contributed by atoms with Gasteiger partial charge in [-0.2, -0.15) is 0 Å². The van der Waals surface area contributed by atoms with E-state index in [1.807, 2.05) is 0 Å². The molecule has 9 heteroatoms. The molecule has 1 heterocycles. The van der Waals surface area contributed by atoms with Crippen LogP contribution < -0.4 is 0 Å². The number of ether oxygens (including phenoxy) is 3. The van der Waals surface area contributed by atoms with Gasteiger partial charge in [0.2, 0.25) is 18.2 Å². The van der Waals surface area contributed by atoms with E-state index < -0.39 is 42.4 Å². The van der Waals surface area contributed by atoms with Gasteiger partial charge in [-0.1, -0.05) is 0 Å². The normalized spacial score (nSPS) is 29.3. The first-order chi connectivity index (χ1) is 8.82. The fourth-order valence-electron chi connectivity index (χ4n) is 1.44. The molecule has 1 rings (SSSR count). The summed E-state index contributed by atoms with van der Waals surface area (Å²) >= 11 is 0. The number of alkyl halides is 1. The number of halogens is 1. The van der Waals surface area contributed by atoms with Gasteiger partial charge >= 0.3 is 17.9 Å². The zero-order valence-electron chi connectivity index (χ0n) is 9.66. The Morgan fingerprint density at radius 2 is 1.95 bits per heavy atom. The van der Waals surface area contributed by atoms with Gasteiger partial charge in [0.15, 0.2) is 12.2 Å². The second-order valence-electron chi connectivity index (χ2n) is 3.74. The highest BCUT2D eigenvalue weighted by Gasteiger charge is 2.58. The lowest BCUT2D eigenvalue weighted by atomic mass is 10.0. The first-order valence-corrected chi connectivity index (χ1v) is 5.00. The van der Waals surface area contributed by atoms with E-state index in [0.717, 1.165) is 6.92 Å². The Balaban J connectivity index is 2.80. The number of carbonyl (C=O) groups excluding carboxylic acids is 5. The topological polar surface area (TPSA) is 113 Å². The van der Waals surface area contributed by atoms with Crippen molar-refractivity contribution in [1.29, 1.82) is 0 Å². The molecule has 0 aromatic heterocycles. The Bertz CT molecular complexity index is 429. The lowest BCUT2D eigenvalue weighted by molar-refractivity contribution is -0.163. The highest BCUT2D eigenvalue weighted by Crippen LogP contribution is 2.32. The minimum atomic E-state index is -2.68. The van der Waals surface area contributed by atoms with Crippen LogP contribution in [0.15, 0.2) is 0 Å². The van der Waals surface area contributed by atoms with Crippen molar-refractivity contribution in [1.82, 2.24) is 0 Å². The van der Waals surface area contributed by atoms with Crippen molar-refractivity contribution in [3.63, 3.8) is 0 Å². The number of hydrogen-bond donors (Lipinski definition) is 0. The van der Waals surface area contributed by atoms with Gasteiger partial charge in [-0.25, -0.2) is 18.8 Å². The summed E-state index contributed by atoms with van der Waals surface area (Å²) in [6.45, 7) is 0.110. The van der Waals surface area contributed by atoms with Gasteiger partial charge in [-0.3, -0.25) is 9.59 Å². The second kappa shape index (κ2) is 5.55. The van der Waals surface area contributed by atoms with Crippen LogP contribution in [0.3, 0.4) is 0 Å².